The lowest BCUT2D eigenvalue weighted by atomic mass is 10.0. The Kier molecular flexibility index (Phi) is 4.69. The molecule has 0 aromatic heterocycles. The molecule has 0 spiro atoms. The number of nitrogens with two attached hydrogens (primary N) is 1. The van der Waals surface area contributed by atoms with Crippen molar-refractivity contribution < 1.29 is 9.59 Å². The maximum Gasteiger partial charge on any atom is 0.217 e. The van der Waals surface area contributed by atoms with E-state index in [-0.39, 0.29) is 18.6 Å². The van der Waals surface area contributed by atoms with Crippen molar-refractivity contribution in [3.05, 3.63) is 58.6 Å². The minimum Gasteiger partial charge on any atom is -0.370 e. The zero-order chi connectivity index (χ0) is 14.5. The molecule has 0 bridgehead atoms. The van der Waals surface area contributed by atoms with E-state index in [1.54, 1.807) is 12.1 Å². The van der Waals surface area contributed by atoms with E-state index in [1.807, 2.05) is 36.4 Å². The molecule has 1 amide bonds. The fourth-order valence-electron chi connectivity index (χ4n) is 1.91. The van der Waals surface area contributed by atoms with E-state index in [0.29, 0.717) is 5.56 Å². The summed E-state index contributed by atoms with van der Waals surface area (Å²) in [6.07, 6.45) is 0.245. The van der Waals surface area contributed by atoms with Gasteiger partial charge in [-0.2, -0.15) is 0 Å². The van der Waals surface area contributed by atoms with Gasteiger partial charge in [0.1, 0.15) is 0 Å². The molecule has 0 atom stereocenters. The topological polar surface area (TPSA) is 60.2 Å². The summed E-state index contributed by atoms with van der Waals surface area (Å²) in [6.45, 7) is 0. The molecule has 102 valence electrons. The van der Waals surface area contributed by atoms with Crippen molar-refractivity contribution in [2.75, 3.05) is 0 Å². The quantitative estimate of drug-likeness (QED) is 0.851. The highest BCUT2D eigenvalue weighted by atomic mass is 79.9. The van der Waals surface area contributed by atoms with E-state index < -0.39 is 5.91 Å². The van der Waals surface area contributed by atoms with Crippen LogP contribution in [0.3, 0.4) is 0 Å². The van der Waals surface area contributed by atoms with Crippen molar-refractivity contribution in [1.82, 2.24) is 0 Å². The maximum absolute atomic E-state index is 11.8. The molecule has 2 aromatic carbocycles. The zero-order valence-corrected chi connectivity index (χ0v) is 12.4. The average Bonchev–Trinajstić information content (AvgIpc) is 2.45. The molecule has 0 fully saturated rings. The van der Waals surface area contributed by atoms with Crippen LogP contribution in [-0.4, -0.2) is 11.7 Å². The Hall–Kier alpha value is -1.94. The molecule has 0 saturated heterocycles. The van der Waals surface area contributed by atoms with Gasteiger partial charge >= 0.3 is 0 Å². The first-order valence-corrected chi connectivity index (χ1v) is 7.03. The molecule has 0 aliphatic carbocycles. The first-order valence-electron chi connectivity index (χ1n) is 6.24. The van der Waals surface area contributed by atoms with E-state index in [0.717, 1.165) is 15.6 Å². The van der Waals surface area contributed by atoms with Crippen LogP contribution in [0.1, 0.15) is 23.2 Å². The van der Waals surface area contributed by atoms with Gasteiger partial charge in [-0.3, -0.25) is 9.59 Å². The molecule has 2 aromatic rings. The molecule has 0 unspecified atom stereocenters. The summed E-state index contributed by atoms with van der Waals surface area (Å²) >= 11 is 3.50. The number of hydrogen-bond acceptors (Lipinski definition) is 2. The van der Waals surface area contributed by atoms with Gasteiger partial charge in [0.2, 0.25) is 5.91 Å². The SMILES string of the molecule is NC(=O)CCC(=O)c1ccc(-c2ccccc2Br)cc1. The van der Waals surface area contributed by atoms with Gasteiger partial charge in [-0.1, -0.05) is 58.4 Å². The molecule has 0 heterocycles. The Morgan fingerprint density at radius 2 is 1.60 bits per heavy atom. The lowest BCUT2D eigenvalue weighted by Gasteiger charge is -2.06. The van der Waals surface area contributed by atoms with Crippen molar-refractivity contribution in [3.8, 4) is 11.1 Å². The summed E-state index contributed by atoms with van der Waals surface area (Å²) in [4.78, 5) is 22.5. The summed E-state index contributed by atoms with van der Waals surface area (Å²) in [6, 6.07) is 15.3. The molecular formula is C16H14BrNO2. The van der Waals surface area contributed by atoms with Crippen LogP contribution in [0, 0.1) is 0 Å². The zero-order valence-electron chi connectivity index (χ0n) is 10.8. The monoisotopic (exact) mass is 331 g/mol. The Morgan fingerprint density at radius 3 is 2.20 bits per heavy atom. The second-order valence-electron chi connectivity index (χ2n) is 4.45. The van der Waals surface area contributed by atoms with E-state index in [9.17, 15) is 9.59 Å². The molecule has 0 aliphatic rings. The van der Waals surface area contributed by atoms with Crippen LogP contribution in [-0.2, 0) is 4.79 Å². The van der Waals surface area contributed by atoms with Crippen LogP contribution in [0.5, 0.6) is 0 Å². The van der Waals surface area contributed by atoms with Crippen LogP contribution in [0.4, 0.5) is 0 Å². The Morgan fingerprint density at radius 1 is 0.950 bits per heavy atom. The standard InChI is InChI=1S/C16H14BrNO2/c17-14-4-2-1-3-13(14)11-5-7-12(8-6-11)15(19)9-10-16(18)20/h1-8H,9-10H2,(H2,18,20). The first kappa shape index (κ1) is 14.5. The number of ketones is 1. The Bertz CT molecular complexity index is 635. The second kappa shape index (κ2) is 6.48. The summed E-state index contributed by atoms with van der Waals surface area (Å²) < 4.78 is 1.01. The van der Waals surface area contributed by atoms with Crippen molar-refractivity contribution in [2.24, 2.45) is 5.73 Å². The van der Waals surface area contributed by atoms with Crippen molar-refractivity contribution in [3.63, 3.8) is 0 Å². The van der Waals surface area contributed by atoms with E-state index in [4.69, 9.17) is 5.73 Å². The van der Waals surface area contributed by atoms with Gasteiger partial charge in [0.25, 0.3) is 0 Å². The minimum atomic E-state index is -0.455. The highest BCUT2D eigenvalue weighted by Crippen LogP contribution is 2.28. The molecule has 4 heteroatoms. The summed E-state index contributed by atoms with van der Waals surface area (Å²) in [7, 11) is 0. The van der Waals surface area contributed by atoms with E-state index in [2.05, 4.69) is 15.9 Å². The number of carbonyl (C=O) groups is 2. The molecule has 2 N–H and O–H groups in total. The number of primary amides is 1. The van der Waals surface area contributed by atoms with Crippen LogP contribution >= 0.6 is 15.9 Å². The lowest BCUT2D eigenvalue weighted by molar-refractivity contribution is -0.118. The number of Topliss-reactive ketones (excluding diaryl/α,β-unsaturated/α-hetero) is 1. The molecule has 0 saturated carbocycles. The Labute approximate surface area is 125 Å². The van der Waals surface area contributed by atoms with Crippen LogP contribution in [0.2, 0.25) is 0 Å². The molecular weight excluding hydrogens is 318 g/mol. The van der Waals surface area contributed by atoms with E-state index >= 15 is 0 Å². The predicted octanol–water partition coefficient (Wildman–Crippen LogP) is 3.56. The van der Waals surface area contributed by atoms with Gasteiger partial charge in [-0.25, -0.2) is 0 Å². The number of carbonyl (C=O) groups excluding carboxylic acids is 2. The normalized spacial score (nSPS) is 10.2. The Balaban J connectivity index is 2.16. The number of halogens is 1. The van der Waals surface area contributed by atoms with Crippen molar-refractivity contribution in [2.45, 2.75) is 12.8 Å². The lowest BCUT2D eigenvalue weighted by Crippen LogP contribution is -2.12. The van der Waals surface area contributed by atoms with Gasteiger partial charge in [0.15, 0.2) is 5.78 Å². The van der Waals surface area contributed by atoms with E-state index in [1.165, 1.54) is 0 Å². The number of benzene rings is 2. The first-order chi connectivity index (χ1) is 9.58. The summed E-state index contributed by atoms with van der Waals surface area (Å²) in [5, 5.41) is 0. The highest BCUT2D eigenvalue weighted by Gasteiger charge is 2.08. The number of amides is 1. The second-order valence-corrected chi connectivity index (χ2v) is 5.30. The third-order valence-electron chi connectivity index (χ3n) is 2.99. The fourth-order valence-corrected chi connectivity index (χ4v) is 2.43. The molecule has 0 aliphatic heterocycles. The van der Waals surface area contributed by atoms with Gasteiger partial charge in [0.05, 0.1) is 0 Å². The predicted molar refractivity (Wildman–Crippen MR) is 82.3 cm³/mol. The maximum atomic E-state index is 11.8. The molecule has 0 radical (unpaired) electrons. The largest absolute Gasteiger partial charge is 0.370 e. The van der Waals surface area contributed by atoms with Gasteiger partial charge in [0, 0.05) is 22.9 Å². The molecule has 2 rings (SSSR count). The summed E-state index contributed by atoms with van der Waals surface area (Å²) in [5.41, 5.74) is 7.74. The van der Waals surface area contributed by atoms with Crippen LogP contribution in [0.25, 0.3) is 11.1 Å². The molecule has 20 heavy (non-hydrogen) atoms. The third kappa shape index (κ3) is 3.54. The minimum absolute atomic E-state index is 0.0672. The fraction of sp³-hybridized carbons (Fsp3) is 0.125. The van der Waals surface area contributed by atoms with Gasteiger partial charge in [-0.05, 0) is 17.2 Å². The molecule has 3 nitrogen and oxygen atoms in total. The number of hydrogen-bond donors (Lipinski definition) is 1. The summed E-state index contributed by atoms with van der Waals surface area (Å²) in [5.74, 6) is -0.523. The van der Waals surface area contributed by atoms with Crippen molar-refractivity contribution in [1.29, 1.82) is 0 Å². The van der Waals surface area contributed by atoms with Gasteiger partial charge < -0.3 is 5.73 Å². The van der Waals surface area contributed by atoms with Crippen LogP contribution < -0.4 is 5.73 Å². The average molecular weight is 332 g/mol. The third-order valence-corrected chi connectivity index (χ3v) is 3.68. The smallest absolute Gasteiger partial charge is 0.217 e. The number of rotatable bonds is 5. The van der Waals surface area contributed by atoms with Gasteiger partial charge in [-0.15, -0.1) is 0 Å². The van der Waals surface area contributed by atoms with Crippen LogP contribution in [0.15, 0.2) is 53.0 Å². The highest BCUT2D eigenvalue weighted by molar-refractivity contribution is 9.10. The van der Waals surface area contributed by atoms with Crippen molar-refractivity contribution >= 4 is 27.6 Å².